The number of benzene rings is 2. The number of hydrogen-bond acceptors (Lipinski definition) is 7. The van der Waals surface area contributed by atoms with Crippen molar-refractivity contribution in [1.29, 1.82) is 0 Å². The SMILES string of the molecule is CCC(=O)N1CCOc2c(cc(-c3ccc(OC/C(N)=C/N)cc3)cc2OCC2CCCN(C)C2)C1. The predicted octanol–water partition coefficient (Wildman–Crippen LogP) is 3.34. The molecule has 2 aliphatic rings. The molecule has 1 saturated heterocycles. The van der Waals surface area contributed by atoms with Crippen LogP contribution in [0.5, 0.6) is 17.2 Å². The Kier molecular flexibility index (Phi) is 8.59. The lowest BCUT2D eigenvalue weighted by molar-refractivity contribution is -0.131. The number of nitrogens with zero attached hydrogens (tertiary/aromatic N) is 2. The van der Waals surface area contributed by atoms with Crippen LogP contribution < -0.4 is 25.7 Å². The highest BCUT2D eigenvalue weighted by molar-refractivity contribution is 5.76. The molecule has 8 heteroatoms. The third-order valence-electron chi connectivity index (χ3n) is 6.76. The number of likely N-dealkylation sites (tertiary alicyclic amines) is 1. The van der Waals surface area contributed by atoms with Crippen LogP contribution in [-0.2, 0) is 11.3 Å². The highest BCUT2D eigenvalue weighted by atomic mass is 16.5. The number of ether oxygens (including phenoxy) is 3. The molecule has 2 aliphatic heterocycles. The fourth-order valence-corrected chi connectivity index (χ4v) is 4.77. The summed E-state index contributed by atoms with van der Waals surface area (Å²) in [5, 5.41) is 0. The molecule has 8 nitrogen and oxygen atoms in total. The molecule has 1 atom stereocenters. The van der Waals surface area contributed by atoms with Crippen molar-refractivity contribution < 1.29 is 19.0 Å². The van der Waals surface area contributed by atoms with Crippen LogP contribution in [0.1, 0.15) is 31.7 Å². The van der Waals surface area contributed by atoms with Gasteiger partial charge in [-0.15, -0.1) is 0 Å². The summed E-state index contributed by atoms with van der Waals surface area (Å²) in [4.78, 5) is 16.7. The van der Waals surface area contributed by atoms with Gasteiger partial charge < -0.3 is 35.5 Å². The van der Waals surface area contributed by atoms with Crippen LogP contribution in [0, 0.1) is 5.92 Å². The number of fused-ring (bicyclic) bond motifs is 1. The summed E-state index contributed by atoms with van der Waals surface area (Å²) >= 11 is 0. The average Bonchev–Trinajstić information content (AvgIpc) is 3.13. The first-order valence-corrected chi connectivity index (χ1v) is 12.7. The van der Waals surface area contributed by atoms with E-state index in [0.29, 0.717) is 50.1 Å². The van der Waals surface area contributed by atoms with Crippen LogP contribution in [0.3, 0.4) is 0 Å². The summed E-state index contributed by atoms with van der Waals surface area (Å²) in [7, 11) is 2.16. The zero-order chi connectivity index (χ0) is 25.5. The molecule has 4 rings (SSSR count). The quantitative estimate of drug-likeness (QED) is 0.580. The predicted molar refractivity (Wildman–Crippen MR) is 141 cm³/mol. The molecule has 2 aromatic rings. The van der Waals surface area contributed by atoms with Crippen LogP contribution in [0.15, 0.2) is 48.3 Å². The molecule has 4 N–H and O–H groups in total. The molecule has 1 unspecified atom stereocenters. The van der Waals surface area contributed by atoms with Crippen molar-refractivity contribution in [3.63, 3.8) is 0 Å². The Morgan fingerprint density at radius 3 is 2.69 bits per heavy atom. The Balaban J connectivity index is 1.61. The van der Waals surface area contributed by atoms with Gasteiger partial charge in [0.05, 0.1) is 18.8 Å². The molecule has 0 aromatic heterocycles. The lowest BCUT2D eigenvalue weighted by Gasteiger charge is -2.29. The Hall–Kier alpha value is -3.39. The van der Waals surface area contributed by atoms with E-state index in [0.717, 1.165) is 47.7 Å². The second kappa shape index (κ2) is 12.0. The van der Waals surface area contributed by atoms with Gasteiger partial charge in [0.1, 0.15) is 19.0 Å². The smallest absolute Gasteiger partial charge is 0.222 e. The first kappa shape index (κ1) is 25.7. The van der Waals surface area contributed by atoms with Gasteiger partial charge in [0.15, 0.2) is 11.5 Å². The molecule has 2 heterocycles. The van der Waals surface area contributed by atoms with Crippen molar-refractivity contribution in [2.45, 2.75) is 32.7 Å². The van der Waals surface area contributed by atoms with Crippen molar-refractivity contribution in [2.24, 2.45) is 17.4 Å². The van der Waals surface area contributed by atoms with E-state index >= 15 is 0 Å². The number of carbonyl (C=O) groups is 1. The number of nitrogens with two attached hydrogens (primary N) is 2. The van der Waals surface area contributed by atoms with E-state index in [2.05, 4.69) is 18.0 Å². The number of amides is 1. The maximum Gasteiger partial charge on any atom is 0.222 e. The van der Waals surface area contributed by atoms with Crippen molar-refractivity contribution in [3.05, 3.63) is 53.9 Å². The van der Waals surface area contributed by atoms with Gasteiger partial charge in [0, 0.05) is 37.2 Å². The van der Waals surface area contributed by atoms with E-state index in [1.807, 2.05) is 42.2 Å². The van der Waals surface area contributed by atoms with Gasteiger partial charge >= 0.3 is 0 Å². The second-order valence-corrected chi connectivity index (χ2v) is 9.62. The van der Waals surface area contributed by atoms with Gasteiger partial charge in [0.2, 0.25) is 5.91 Å². The van der Waals surface area contributed by atoms with E-state index in [4.69, 9.17) is 25.7 Å². The van der Waals surface area contributed by atoms with Crippen molar-refractivity contribution in [2.75, 3.05) is 46.5 Å². The highest BCUT2D eigenvalue weighted by Crippen LogP contribution is 2.39. The summed E-state index contributed by atoms with van der Waals surface area (Å²) in [6.45, 7) is 6.47. The molecule has 0 saturated carbocycles. The molecule has 194 valence electrons. The lowest BCUT2D eigenvalue weighted by atomic mass is 9.99. The highest BCUT2D eigenvalue weighted by Gasteiger charge is 2.24. The summed E-state index contributed by atoms with van der Waals surface area (Å²) in [6.07, 6.45) is 4.16. The molecule has 36 heavy (non-hydrogen) atoms. The van der Waals surface area contributed by atoms with Crippen LogP contribution in [-0.4, -0.2) is 62.2 Å². The first-order chi connectivity index (χ1) is 17.5. The molecular formula is C28H38N4O4. The van der Waals surface area contributed by atoms with E-state index in [-0.39, 0.29) is 12.5 Å². The third-order valence-corrected chi connectivity index (χ3v) is 6.76. The molecule has 1 amide bonds. The minimum atomic E-state index is 0.122. The summed E-state index contributed by atoms with van der Waals surface area (Å²) in [5.74, 6) is 2.80. The van der Waals surface area contributed by atoms with Crippen LogP contribution >= 0.6 is 0 Å². The van der Waals surface area contributed by atoms with Gasteiger partial charge in [-0.25, -0.2) is 0 Å². The van der Waals surface area contributed by atoms with E-state index in [1.165, 1.54) is 12.6 Å². The molecular weight excluding hydrogens is 456 g/mol. The zero-order valence-corrected chi connectivity index (χ0v) is 21.4. The maximum absolute atomic E-state index is 12.5. The van der Waals surface area contributed by atoms with Gasteiger partial charge in [0.25, 0.3) is 0 Å². The van der Waals surface area contributed by atoms with Gasteiger partial charge in [-0.3, -0.25) is 4.79 Å². The summed E-state index contributed by atoms with van der Waals surface area (Å²) < 4.78 is 18.3. The van der Waals surface area contributed by atoms with Gasteiger partial charge in [-0.2, -0.15) is 0 Å². The normalized spacial score (nSPS) is 18.7. The van der Waals surface area contributed by atoms with Crippen molar-refractivity contribution >= 4 is 5.91 Å². The number of rotatable bonds is 8. The number of carbonyl (C=O) groups excluding carboxylic acids is 1. The van der Waals surface area contributed by atoms with E-state index in [1.54, 1.807) is 0 Å². The molecule has 0 radical (unpaired) electrons. The second-order valence-electron chi connectivity index (χ2n) is 9.62. The lowest BCUT2D eigenvalue weighted by Crippen LogP contribution is -2.34. The van der Waals surface area contributed by atoms with Crippen molar-refractivity contribution in [1.82, 2.24) is 9.80 Å². The van der Waals surface area contributed by atoms with Crippen LogP contribution in [0.4, 0.5) is 0 Å². The maximum atomic E-state index is 12.5. The largest absolute Gasteiger partial charge is 0.489 e. The van der Waals surface area contributed by atoms with E-state index < -0.39 is 0 Å². The summed E-state index contributed by atoms with van der Waals surface area (Å²) in [6, 6.07) is 12.0. The van der Waals surface area contributed by atoms with Crippen LogP contribution in [0.2, 0.25) is 0 Å². The number of piperidine rings is 1. The fourth-order valence-electron chi connectivity index (χ4n) is 4.77. The minimum absolute atomic E-state index is 0.122. The summed E-state index contributed by atoms with van der Waals surface area (Å²) in [5.41, 5.74) is 14.6. The third kappa shape index (κ3) is 6.43. The monoisotopic (exact) mass is 494 g/mol. The standard InChI is InChI=1S/C28H38N4O4/c1-3-27(33)32-11-12-34-28-23(17-32)13-22(14-26(28)36-18-20-5-4-10-31(2)16-20)21-6-8-25(9-7-21)35-19-24(30)15-29/h6-9,13-15,20H,3-5,10-12,16-19,29-30H2,1-2H3/b24-15-. The molecule has 0 bridgehead atoms. The fraction of sp³-hybridized carbons (Fsp3) is 0.464. The molecule has 2 aromatic carbocycles. The van der Waals surface area contributed by atoms with E-state index in [9.17, 15) is 4.79 Å². The minimum Gasteiger partial charge on any atom is -0.489 e. The molecule has 0 aliphatic carbocycles. The zero-order valence-electron chi connectivity index (χ0n) is 21.4. The molecule has 1 fully saturated rings. The number of hydrogen-bond donors (Lipinski definition) is 2. The first-order valence-electron chi connectivity index (χ1n) is 12.7. The van der Waals surface area contributed by atoms with Gasteiger partial charge in [-0.1, -0.05) is 19.1 Å². The Morgan fingerprint density at radius 2 is 1.97 bits per heavy atom. The van der Waals surface area contributed by atoms with Crippen LogP contribution in [0.25, 0.3) is 11.1 Å². The topological polar surface area (TPSA) is 103 Å². The Labute approximate surface area is 213 Å². The average molecular weight is 495 g/mol. The Bertz CT molecular complexity index is 1070. The van der Waals surface area contributed by atoms with Crippen molar-refractivity contribution in [3.8, 4) is 28.4 Å². The Morgan fingerprint density at radius 1 is 1.17 bits per heavy atom. The molecule has 0 spiro atoms. The van der Waals surface area contributed by atoms with Gasteiger partial charge in [-0.05, 0) is 61.8 Å².